The van der Waals surface area contributed by atoms with Crippen LogP contribution in [0, 0.1) is 6.92 Å². The summed E-state index contributed by atoms with van der Waals surface area (Å²) in [6, 6.07) is 16.8. The molecule has 29 heavy (non-hydrogen) atoms. The molecule has 0 radical (unpaired) electrons. The minimum absolute atomic E-state index is 0.0155. The number of hydrogen-bond acceptors (Lipinski definition) is 5. The molecule has 148 valence electrons. The molecule has 0 atom stereocenters. The van der Waals surface area contributed by atoms with Crippen molar-refractivity contribution in [1.29, 1.82) is 0 Å². The fourth-order valence-electron chi connectivity index (χ4n) is 3.12. The predicted molar refractivity (Wildman–Crippen MR) is 112 cm³/mol. The van der Waals surface area contributed by atoms with Crippen LogP contribution in [0.4, 0.5) is 5.13 Å². The molecule has 1 aliphatic rings. The maximum Gasteiger partial charge on any atom is 0.264 e. The molecule has 0 unspecified atom stereocenters. The zero-order chi connectivity index (χ0) is 20.2. The second kappa shape index (κ2) is 8.45. The Morgan fingerprint density at radius 2 is 1.90 bits per heavy atom. The maximum atomic E-state index is 12.7. The molecule has 0 saturated heterocycles. The van der Waals surface area contributed by atoms with E-state index in [2.05, 4.69) is 10.3 Å². The molecule has 2 amide bonds. The average Bonchev–Trinajstić information content (AvgIpc) is 3.14. The standard InChI is InChI=1S/C22H21N3O3S/c1-15-7-9-17(10-8-15)28-14-20(26)24-22-23-18-11-12-25(13-19(18)29-22)21(27)16-5-3-2-4-6-16/h2-10H,11-14H2,1H3,(H,23,24,26). The normalized spacial score (nSPS) is 12.9. The minimum atomic E-state index is -0.256. The van der Waals surface area contributed by atoms with Gasteiger partial charge in [0, 0.05) is 23.4 Å². The number of anilines is 1. The molecule has 0 aliphatic carbocycles. The molecule has 0 spiro atoms. The van der Waals surface area contributed by atoms with E-state index in [4.69, 9.17) is 4.74 Å². The van der Waals surface area contributed by atoms with Crippen LogP contribution in [0.5, 0.6) is 5.75 Å². The second-order valence-corrected chi connectivity index (χ2v) is 7.97. The zero-order valence-electron chi connectivity index (χ0n) is 16.1. The summed E-state index contributed by atoms with van der Waals surface area (Å²) in [6.07, 6.45) is 0.681. The van der Waals surface area contributed by atoms with Gasteiger partial charge in [-0.05, 0) is 31.2 Å². The van der Waals surface area contributed by atoms with Crippen LogP contribution in [0.25, 0.3) is 0 Å². The van der Waals surface area contributed by atoms with Gasteiger partial charge in [0.1, 0.15) is 5.75 Å². The Labute approximate surface area is 173 Å². The van der Waals surface area contributed by atoms with Crippen molar-refractivity contribution in [3.05, 3.63) is 76.3 Å². The number of carbonyl (C=O) groups excluding carboxylic acids is 2. The summed E-state index contributed by atoms with van der Waals surface area (Å²) in [5.74, 6) is 0.412. The number of carbonyl (C=O) groups is 2. The van der Waals surface area contributed by atoms with E-state index in [1.165, 1.54) is 11.3 Å². The minimum Gasteiger partial charge on any atom is -0.484 e. The number of aryl methyl sites for hydroxylation is 1. The third-order valence-corrected chi connectivity index (χ3v) is 5.67. The lowest BCUT2D eigenvalue weighted by Gasteiger charge is -2.26. The topological polar surface area (TPSA) is 71.5 Å². The molecular formula is C22H21N3O3S. The van der Waals surface area contributed by atoms with Crippen molar-refractivity contribution in [2.75, 3.05) is 18.5 Å². The van der Waals surface area contributed by atoms with Crippen LogP contribution in [0.15, 0.2) is 54.6 Å². The number of aromatic nitrogens is 1. The highest BCUT2D eigenvalue weighted by Gasteiger charge is 2.25. The highest BCUT2D eigenvalue weighted by molar-refractivity contribution is 7.15. The van der Waals surface area contributed by atoms with Crippen molar-refractivity contribution in [3.8, 4) is 5.75 Å². The molecule has 7 heteroatoms. The van der Waals surface area contributed by atoms with Gasteiger partial charge in [0.25, 0.3) is 11.8 Å². The molecule has 1 N–H and O–H groups in total. The summed E-state index contributed by atoms with van der Waals surface area (Å²) >= 11 is 1.41. The SMILES string of the molecule is Cc1ccc(OCC(=O)Nc2nc3c(s2)CN(C(=O)c2ccccc2)CC3)cc1. The molecule has 2 heterocycles. The largest absolute Gasteiger partial charge is 0.484 e. The smallest absolute Gasteiger partial charge is 0.264 e. The number of nitrogens with zero attached hydrogens (tertiary/aromatic N) is 2. The van der Waals surface area contributed by atoms with Crippen LogP contribution in [0.1, 0.15) is 26.5 Å². The highest BCUT2D eigenvalue weighted by Crippen LogP contribution is 2.29. The number of amides is 2. The van der Waals surface area contributed by atoms with E-state index in [9.17, 15) is 9.59 Å². The first-order valence-electron chi connectivity index (χ1n) is 9.41. The molecule has 1 aliphatic heterocycles. The third kappa shape index (κ3) is 4.63. The Bertz CT molecular complexity index is 1020. The van der Waals surface area contributed by atoms with E-state index < -0.39 is 0 Å². The number of fused-ring (bicyclic) bond motifs is 1. The summed E-state index contributed by atoms with van der Waals surface area (Å²) in [6.45, 7) is 3.05. The molecule has 4 rings (SSSR count). The van der Waals surface area contributed by atoms with E-state index in [1.807, 2.05) is 66.4 Å². The Morgan fingerprint density at radius 1 is 1.14 bits per heavy atom. The van der Waals surface area contributed by atoms with E-state index in [1.54, 1.807) is 0 Å². The van der Waals surface area contributed by atoms with E-state index in [0.717, 1.165) is 16.1 Å². The molecule has 0 fully saturated rings. The lowest BCUT2D eigenvalue weighted by Crippen LogP contribution is -2.35. The van der Waals surface area contributed by atoms with Gasteiger partial charge in [-0.15, -0.1) is 0 Å². The Morgan fingerprint density at radius 3 is 2.66 bits per heavy atom. The number of hydrogen-bond donors (Lipinski definition) is 1. The van der Waals surface area contributed by atoms with Crippen molar-refractivity contribution in [2.24, 2.45) is 0 Å². The van der Waals surface area contributed by atoms with Crippen LogP contribution < -0.4 is 10.1 Å². The molecule has 3 aromatic rings. The van der Waals surface area contributed by atoms with E-state index in [0.29, 0.717) is 36.0 Å². The van der Waals surface area contributed by atoms with Gasteiger partial charge in [0.15, 0.2) is 11.7 Å². The van der Waals surface area contributed by atoms with Crippen molar-refractivity contribution < 1.29 is 14.3 Å². The molecule has 1 aromatic heterocycles. The Hall–Kier alpha value is -3.19. The average molecular weight is 407 g/mol. The van der Waals surface area contributed by atoms with Gasteiger partial charge in [-0.1, -0.05) is 47.2 Å². The highest BCUT2D eigenvalue weighted by atomic mass is 32.1. The predicted octanol–water partition coefficient (Wildman–Crippen LogP) is 3.67. The third-order valence-electron chi connectivity index (χ3n) is 4.68. The van der Waals surface area contributed by atoms with Gasteiger partial charge in [-0.3, -0.25) is 14.9 Å². The van der Waals surface area contributed by atoms with Gasteiger partial charge >= 0.3 is 0 Å². The molecule has 0 saturated carbocycles. The maximum absolute atomic E-state index is 12.7. The van der Waals surface area contributed by atoms with Crippen LogP contribution in [0.3, 0.4) is 0 Å². The van der Waals surface area contributed by atoms with Crippen molar-refractivity contribution in [2.45, 2.75) is 19.9 Å². The van der Waals surface area contributed by atoms with Gasteiger partial charge in [0.05, 0.1) is 12.2 Å². The second-order valence-electron chi connectivity index (χ2n) is 6.88. The van der Waals surface area contributed by atoms with Gasteiger partial charge in [-0.25, -0.2) is 4.98 Å². The first kappa shape index (κ1) is 19.1. The van der Waals surface area contributed by atoms with Gasteiger partial charge < -0.3 is 9.64 Å². The summed E-state index contributed by atoms with van der Waals surface area (Å²) in [4.78, 5) is 32.2. The number of rotatable bonds is 5. The molecular weight excluding hydrogens is 386 g/mol. The molecule has 0 bridgehead atoms. The quantitative estimate of drug-likeness (QED) is 0.701. The number of nitrogens with one attached hydrogen (secondary N) is 1. The van der Waals surface area contributed by atoms with Crippen molar-refractivity contribution in [1.82, 2.24) is 9.88 Å². The van der Waals surface area contributed by atoms with Gasteiger partial charge in [-0.2, -0.15) is 0 Å². The van der Waals surface area contributed by atoms with Crippen molar-refractivity contribution >= 4 is 28.3 Å². The number of benzene rings is 2. The zero-order valence-corrected chi connectivity index (χ0v) is 16.9. The van der Waals surface area contributed by atoms with Crippen LogP contribution in [-0.4, -0.2) is 34.8 Å². The lowest BCUT2D eigenvalue weighted by atomic mass is 10.1. The van der Waals surface area contributed by atoms with Crippen LogP contribution in [0.2, 0.25) is 0 Å². The van der Waals surface area contributed by atoms with Crippen LogP contribution in [-0.2, 0) is 17.8 Å². The van der Waals surface area contributed by atoms with Crippen molar-refractivity contribution in [3.63, 3.8) is 0 Å². The number of thiazole rings is 1. The number of ether oxygens (including phenoxy) is 1. The molecule has 6 nitrogen and oxygen atoms in total. The first-order valence-corrected chi connectivity index (χ1v) is 10.2. The fraction of sp³-hybridized carbons (Fsp3) is 0.227. The van der Waals surface area contributed by atoms with E-state index >= 15 is 0 Å². The first-order chi connectivity index (χ1) is 14.1. The monoisotopic (exact) mass is 407 g/mol. The molecule has 2 aromatic carbocycles. The Balaban J connectivity index is 1.35. The lowest BCUT2D eigenvalue weighted by molar-refractivity contribution is -0.118. The van der Waals surface area contributed by atoms with Crippen LogP contribution >= 0.6 is 11.3 Å². The van der Waals surface area contributed by atoms with E-state index in [-0.39, 0.29) is 18.4 Å². The summed E-state index contributed by atoms with van der Waals surface area (Å²) < 4.78 is 5.51. The summed E-state index contributed by atoms with van der Waals surface area (Å²) in [5, 5.41) is 3.34. The summed E-state index contributed by atoms with van der Waals surface area (Å²) in [7, 11) is 0. The van der Waals surface area contributed by atoms with Gasteiger partial charge in [0.2, 0.25) is 0 Å². The summed E-state index contributed by atoms with van der Waals surface area (Å²) in [5.41, 5.74) is 2.76. The Kier molecular flexibility index (Phi) is 5.57. The fourth-order valence-corrected chi connectivity index (χ4v) is 4.16.